The molecule has 2 amide bonds. The molecule has 2 unspecified atom stereocenters. The van der Waals surface area contributed by atoms with Gasteiger partial charge in [0.15, 0.2) is 18.2 Å². The number of aliphatic hydroxyl groups excluding tert-OH is 1. The van der Waals surface area contributed by atoms with Crippen molar-refractivity contribution in [3.63, 3.8) is 0 Å². The number of carbonyl (C=O) groups excluding carboxylic acids is 5. The molecule has 0 bridgehead atoms. The fourth-order valence-electron chi connectivity index (χ4n) is 5.60. The summed E-state index contributed by atoms with van der Waals surface area (Å²) in [5.41, 5.74) is 0.505. The number of allylic oxidation sites excluding steroid dienone is 3. The molecule has 212 valence electrons. The van der Waals surface area contributed by atoms with E-state index < -0.39 is 35.6 Å². The smallest absolute Gasteiger partial charge is 0.338 e. The Hall–Kier alpha value is -4.92. The normalized spacial score (nSPS) is 19.9. The molecule has 0 radical (unpaired) electrons. The molecule has 2 aliphatic carbocycles. The van der Waals surface area contributed by atoms with Crippen LogP contribution in [0, 0.1) is 17.3 Å². The zero-order valence-electron chi connectivity index (χ0n) is 23.3. The number of ether oxygens (including phenoxy) is 1. The summed E-state index contributed by atoms with van der Waals surface area (Å²) in [6.07, 6.45) is 4.85. The minimum Gasteiger partial charge on any atom is -0.506 e. The number of hydrogen-bond donors (Lipinski definition) is 1. The van der Waals surface area contributed by atoms with E-state index in [0.717, 1.165) is 0 Å². The molecule has 42 heavy (non-hydrogen) atoms. The average molecular weight is 565 g/mol. The number of benzene rings is 2. The van der Waals surface area contributed by atoms with Gasteiger partial charge in [-0.05, 0) is 43.2 Å². The summed E-state index contributed by atoms with van der Waals surface area (Å²) in [5, 5.41) is 11.8. The molecule has 3 aliphatic rings. The lowest BCUT2D eigenvalue weighted by molar-refractivity contribution is -0.129. The lowest BCUT2D eigenvalue weighted by Crippen LogP contribution is -2.31. The molecular weight excluding hydrogens is 536 g/mol. The standard InChI is InChI=1S/C33H28N2O7/c1-33(2,3)25(36)16-42-32(41)18-11-13-19-22(15-18)29(38)26(28(19)37)23-14-12-17-7-6-10-24(27(17)34-23)35-30(39)20-8-4-5-9-21(20)31(35)40/h4-7,10-15,20-21,38H,8-9,16H2,1-3H3. The second kappa shape index (κ2) is 9.87. The molecule has 9 nitrogen and oxygen atoms in total. The highest BCUT2D eigenvalue weighted by atomic mass is 16.5. The molecule has 6 rings (SSSR count). The molecular formula is C33H28N2O7. The molecule has 1 aromatic heterocycles. The van der Waals surface area contributed by atoms with Gasteiger partial charge in [0, 0.05) is 21.9 Å². The summed E-state index contributed by atoms with van der Waals surface area (Å²) >= 11 is 0. The molecule has 0 saturated carbocycles. The number of aliphatic hydroxyl groups is 1. The molecule has 1 saturated heterocycles. The Kier molecular flexibility index (Phi) is 6.40. The number of Topliss-reactive ketones (excluding diaryl/α,β-unsaturated/α-hetero) is 2. The number of fused-ring (bicyclic) bond motifs is 3. The van der Waals surface area contributed by atoms with Crippen molar-refractivity contribution in [2.24, 2.45) is 17.3 Å². The number of imide groups is 1. The molecule has 9 heteroatoms. The molecule has 2 atom stereocenters. The second-order valence-corrected chi connectivity index (χ2v) is 11.8. The van der Waals surface area contributed by atoms with Gasteiger partial charge in [0.25, 0.3) is 0 Å². The first-order valence-corrected chi connectivity index (χ1v) is 13.7. The second-order valence-electron chi connectivity index (χ2n) is 11.8. The topological polar surface area (TPSA) is 131 Å². The molecule has 1 N–H and O–H groups in total. The quantitative estimate of drug-likeness (QED) is 0.258. The number of esters is 1. The maximum Gasteiger partial charge on any atom is 0.338 e. The number of hydrogen-bond acceptors (Lipinski definition) is 8. The fourth-order valence-corrected chi connectivity index (χ4v) is 5.60. The molecule has 2 heterocycles. The van der Waals surface area contributed by atoms with E-state index in [-0.39, 0.29) is 51.3 Å². The summed E-state index contributed by atoms with van der Waals surface area (Å²) in [7, 11) is 0. The lowest BCUT2D eigenvalue weighted by atomic mass is 9.85. The largest absolute Gasteiger partial charge is 0.506 e. The summed E-state index contributed by atoms with van der Waals surface area (Å²) in [4.78, 5) is 70.7. The minimum atomic E-state index is -0.756. The van der Waals surface area contributed by atoms with Crippen molar-refractivity contribution in [3.05, 3.63) is 83.1 Å². The Labute approximate surface area is 241 Å². The average Bonchev–Trinajstić information content (AvgIpc) is 3.38. The number of pyridine rings is 1. The van der Waals surface area contributed by atoms with Crippen LogP contribution in [-0.2, 0) is 19.1 Å². The van der Waals surface area contributed by atoms with E-state index in [9.17, 15) is 29.1 Å². The number of anilines is 1. The van der Waals surface area contributed by atoms with Gasteiger partial charge >= 0.3 is 5.97 Å². The van der Waals surface area contributed by atoms with E-state index in [1.165, 1.54) is 23.1 Å². The first-order chi connectivity index (χ1) is 20.0. The van der Waals surface area contributed by atoms with Crippen molar-refractivity contribution >= 4 is 57.3 Å². The maximum atomic E-state index is 13.4. The highest BCUT2D eigenvalue weighted by Gasteiger charge is 2.48. The minimum absolute atomic E-state index is 0.0629. The van der Waals surface area contributed by atoms with E-state index in [1.54, 1.807) is 51.1 Å². The third kappa shape index (κ3) is 4.32. The van der Waals surface area contributed by atoms with Crippen molar-refractivity contribution in [3.8, 4) is 0 Å². The van der Waals surface area contributed by atoms with E-state index in [0.29, 0.717) is 29.4 Å². The van der Waals surface area contributed by atoms with Crippen molar-refractivity contribution in [1.29, 1.82) is 0 Å². The predicted molar refractivity (Wildman–Crippen MR) is 155 cm³/mol. The first-order valence-electron chi connectivity index (χ1n) is 13.7. The van der Waals surface area contributed by atoms with Crippen LogP contribution in [-0.4, -0.2) is 46.0 Å². The van der Waals surface area contributed by atoms with E-state index in [2.05, 4.69) is 4.98 Å². The Morgan fingerprint density at radius 1 is 0.952 bits per heavy atom. The Balaban J connectivity index is 1.35. The lowest BCUT2D eigenvalue weighted by Gasteiger charge is -2.17. The van der Waals surface area contributed by atoms with Gasteiger partial charge in [0.2, 0.25) is 11.8 Å². The number of ketones is 2. The molecule has 3 aromatic rings. The zero-order chi connectivity index (χ0) is 29.9. The van der Waals surface area contributed by atoms with Crippen molar-refractivity contribution in [2.45, 2.75) is 33.6 Å². The van der Waals surface area contributed by atoms with Crippen LogP contribution in [0.2, 0.25) is 0 Å². The zero-order valence-corrected chi connectivity index (χ0v) is 23.3. The van der Waals surface area contributed by atoms with Crippen LogP contribution in [0.15, 0.2) is 60.7 Å². The molecule has 2 aromatic carbocycles. The van der Waals surface area contributed by atoms with Crippen LogP contribution in [0.3, 0.4) is 0 Å². The maximum absolute atomic E-state index is 13.4. The van der Waals surface area contributed by atoms with Gasteiger partial charge in [-0.25, -0.2) is 14.7 Å². The first kappa shape index (κ1) is 27.3. The summed E-state index contributed by atoms with van der Waals surface area (Å²) in [6.45, 7) is 4.78. The van der Waals surface area contributed by atoms with Gasteiger partial charge in [-0.1, -0.05) is 51.1 Å². The van der Waals surface area contributed by atoms with Gasteiger partial charge < -0.3 is 9.84 Å². The van der Waals surface area contributed by atoms with E-state index in [1.807, 2.05) is 12.2 Å². The third-order valence-electron chi connectivity index (χ3n) is 8.09. The van der Waals surface area contributed by atoms with Gasteiger partial charge in [-0.15, -0.1) is 0 Å². The third-order valence-corrected chi connectivity index (χ3v) is 8.09. The van der Waals surface area contributed by atoms with Gasteiger partial charge in [0.1, 0.15) is 5.76 Å². The summed E-state index contributed by atoms with van der Waals surface area (Å²) in [5.74, 6) is -3.21. The Morgan fingerprint density at radius 2 is 1.64 bits per heavy atom. The van der Waals surface area contributed by atoms with E-state index >= 15 is 0 Å². The van der Waals surface area contributed by atoms with E-state index in [4.69, 9.17) is 4.74 Å². The highest BCUT2D eigenvalue weighted by Crippen LogP contribution is 2.41. The molecule has 1 fully saturated rings. The molecule has 0 spiro atoms. The number of para-hydroxylation sites is 1. The van der Waals surface area contributed by atoms with Crippen molar-refractivity contribution < 1.29 is 33.8 Å². The van der Waals surface area contributed by atoms with Crippen LogP contribution in [0.5, 0.6) is 0 Å². The molecule has 1 aliphatic heterocycles. The number of rotatable bonds is 5. The van der Waals surface area contributed by atoms with Gasteiger partial charge in [-0.2, -0.15) is 0 Å². The summed E-state index contributed by atoms with van der Waals surface area (Å²) < 4.78 is 5.17. The van der Waals surface area contributed by atoms with Crippen molar-refractivity contribution in [1.82, 2.24) is 4.98 Å². The van der Waals surface area contributed by atoms with Crippen LogP contribution < -0.4 is 4.90 Å². The number of nitrogens with zero attached hydrogens (tertiary/aromatic N) is 2. The van der Waals surface area contributed by atoms with Crippen LogP contribution in [0.25, 0.3) is 22.2 Å². The predicted octanol–water partition coefficient (Wildman–Crippen LogP) is 5.09. The highest BCUT2D eigenvalue weighted by molar-refractivity contribution is 6.39. The monoisotopic (exact) mass is 564 g/mol. The van der Waals surface area contributed by atoms with Crippen LogP contribution >= 0.6 is 0 Å². The fraction of sp³-hybridized carbons (Fsp3) is 0.273. The van der Waals surface area contributed by atoms with Gasteiger partial charge in [0.05, 0.1) is 39.9 Å². The summed E-state index contributed by atoms with van der Waals surface area (Å²) in [6, 6.07) is 12.7. The SMILES string of the molecule is CC(C)(C)C(=O)COC(=O)c1ccc2c(c1)C(O)=C(c1ccc3cccc(N4C(=O)C5CC=CCC5C4=O)c3n1)C2=O. The number of amides is 2. The Bertz CT molecular complexity index is 1770. The van der Waals surface area contributed by atoms with Crippen LogP contribution in [0.1, 0.15) is 65.6 Å². The number of carbonyl (C=O) groups is 5. The van der Waals surface area contributed by atoms with Gasteiger partial charge in [-0.3, -0.25) is 19.2 Å². The number of aromatic nitrogens is 1. The van der Waals surface area contributed by atoms with Crippen molar-refractivity contribution in [2.75, 3.05) is 11.5 Å². The van der Waals surface area contributed by atoms with Crippen LogP contribution in [0.4, 0.5) is 5.69 Å². The Morgan fingerprint density at radius 3 is 2.31 bits per heavy atom.